The van der Waals surface area contributed by atoms with Crippen LogP contribution in [0.1, 0.15) is 51.4 Å². The zero-order chi connectivity index (χ0) is 24.5. The van der Waals surface area contributed by atoms with Gasteiger partial charge >= 0.3 is 5.97 Å². The minimum absolute atomic E-state index is 0.267. The van der Waals surface area contributed by atoms with Crippen LogP contribution in [0.2, 0.25) is 0 Å². The number of hydrogen-bond acceptors (Lipinski definition) is 5. The molecule has 1 aliphatic rings. The summed E-state index contributed by atoms with van der Waals surface area (Å²) in [4.78, 5) is 32.6. The number of anilines is 1. The average Bonchev–Trinajstić information content (AvgIpc) is 3.20. The fourth-order valence-corrected chi connectivity index (χ4v) is 6.38. The number of fused-ring (bicyclic) bond motifs is 2. The van der Waals surface area contributed by atoms with E-state index in [1.807, 2.05) is 54.6 Å². The minimum Gasteiger partial charge on any atom is -0.462 e. The number of carbonyl (C=O) groups excluding carboxylic acids is 2. The molecule has 0 saturated carbocycles. The van der Waals surface area contributed by atoms with Crippen molar-refractivity contribution in [2.45, 2.75) is 33.1 Å². The highest BCUT2D eigenvalue weighted by Crippen LogP contribution is 2.40. The van der Waals surface area contributed by atoms with Gasteiger partial charge in [-0.15, -0.1) is 11.3 Å². The van der Waals surface area contributed by atoms with Crippen LogP contribution in [0, 0.1) is 5.92 Å². The molecule has 1 N–H and O–H groups in total. The van der Waals surface area contributed by atoms with Gasteiger partial charge in [0.2, 0.25) is 0 Å². The Kier molecular flexibility index (Phi) is 6.71. The van der Waals surface area contributed by atoms with Gasteiger partial charge in [-0.05, 0) is 61.9 Å². The maximum atomic E-state index is 13.7. The van der Waals surface area contributed by atoms with Gasteiger partial charge < -0.3 is 10.1 Å². The van der Waals surface area contributed by atoms with Gasteiger partial charge in [-0.25, -0.2) is 9.78 Å². The third-order valence-corrected chi connectivity index (χ3v) is 7.96. The molecular weight excluding hydrogens is 524 g/mol. The highest BCUT2D eigenvalue weighted by molar-refractivity contribution is 9.10. The van der Waals surface area contributed by atoms with Gasteiger partial charge in [-0.2, -0.15) is 0 Å². The number of hydrogen-bond donors (Lipinski definition) is 1. The third kappa shape index (κ3) is 4.75. The number of para-hydroxylation sites is 1. The number of aromatic nitrogens is 1. The third-order valence-electron chi connectivity index (χ3n) is 6.30. The Hall–Kier alpha value is -3.03. The lowest BCUT2D eigenvalue weighted by Crippen LogP contribution is -2.17. The molecular formula is C28H25BrN2O3S. The molecule has 0 aliphatic heterocycles. The summed E-state index contributed by atoms with van der Waals surface area (Å²) in [5, 5.41) is 4.39. The molecule has 7 heteroatoms. The van der Waals surface area contributed by atoms with Crippen LogP contribution in [0.15, 0.2) is 59.1 Å². The number of amides is 1. The maximum Gasteiger partial charge on any atom is 0.341 e. The maximum absolute atomic E-state index is 13.7. The summed E-state index contributed by atoms with van der Waals surface area (Å²) >= 11 is 5.01. The monoisotopic (exact) mass is 548 g/mol. The second-order valence-corrected chi connectivity index (χ2v) is 10.8. The number of esters is 1. The van der Waals surface area contributed by atoms with E-state index in [0.717, 1.165) is 50.6 Å². The van der Waals surface area contributed by atoms with Crippen molar-refractivity contribution in [2.24, 2.45) is 5.92 Å². The van der Waals surface area contributed by atoms with E-state index in [9.17, 15) is 9.59 Å². The number of pyridine rings is 1. The summed E-state index contributed by atoms with van der Waals surface area (Å²) < 4.78 is 6.31. The highest BCUT2D eigenvalue weighted by atomic mass is 79.9. The lowest BCUT2D eigenvalue weighted by molar-refractivity contribution is 0.0526. The summed E-state index contributed by atoms with van der Waals surface area (Å²) in [5.74, 6) is -0.0852. The Morgan fingerprint density at radius 1 is 1.17 bits per heavy atom. The predicted octanol–water partition coefficient (Wildman–Crippen LogP) is 7.28. The van der Waals surface area contributed by atoms with E-state index >= 15 is 0 Å². The first-order valence-electron chi connectivity index (χ1n) is 11.7. The Morgan fingerprint density at radius 2 is 2.00 bits per heavy atom. The zero-order valence-corrected chi connectivity index (χ0v) is 22.0. The van der Waals surface area contributed by atoms with Crippen molar-refractivity contribution in [3.8, 4) is 11.3 Å². The lowest BCUT2D eigenvalue weighted by atomic mass is 9.88. The van der Waals surface area contributed by atoms with Crippen LogP contribution >= 0.6 is 27.3 Å². The number of thiophene rings is 1. The van der Waals surface area contributed by atoms with Crippen molar-refractivity contribution < 1.29 is 14.3 Å². The molecule has 2 heterocycles. The quantitative estimate of drug-likeness (QED) is 0.266. The van der Waals surface area contributed by atoms with Crippen LogP contribution in [0.4, 0.5) is 5.00 Å². The second kappa shape index (κ2) is 9.91. The van der Waals surface area contributed by atoms with Gasteiger partial charge in [-0.3, -0.25) is 4.79 Å². The summed E-state index contributed by atoms with van der Waals surface area (Å²) in [7, 11) is 0. The average molecular weight is 549 g/mol. The van der Waals surface area contributed by atoms with Crippen LogP contribution in [0.25, 0.3) is 22.2 Å². The highest BCUT2D eigenvalue weighted by Gasteiger charge is 2.29. The molecule has 2 aromatic carbocycles. The number of nitrogens with one attached hydrogen (secondary N) is 1. The van der Waals surface area contributed by atoms with Crippen molar-refractivity contribution in [3.63, 3.8) is 0 Å². The number of ether oxygens (including phenoxy) is 1. The van der Waals surface area contributed by atoms with Gasteiger partial charge in [0, 0.05) is 20.3 Å². The number of carbonyl (C=O) groups is 2. The smallest absolute Gasteiger partial charge is 0.341 e. The van der Waals surface area contributed by atoms with Crippen LogP contribution < -0.4 is 5.32 Å². The minimum atomic E-state index is -0.371. The molecule has 0 spiro atoms. The van der Waals surface area contributed by atoms with Crippen molar-refractivity contribution in [1.82, 2.24) is 4.98 Å². The van der Waals surface area contributed by atoms with Crippen LogP contribution in [-0.4, -0.2) is 23.5 Å². The van der Waals surface area contributed by atoms with Gasteiger partial charge in [0.1, 0.15) is 5.00 Å². The summed E-state index contributed by atoms with van der Waals surface area (Å²) in [6, 6.07) is 17.3. The Balaban J connectivity index is 1.58. The predicted molar refractivity (Wildman–Crippen MR) is 144 cm³/mol. The Morgan fingerprint density at radius 3 is 2.80 bits per heavy atom. The fourth-order valence-electron chi connectivity index (χ4n) is 4.59. The molecule has 0 radical (unpaired) electrons. The van der Waals surface area contributed by atoms with Crippen LogP contribution in [0.5, 0.6) is 0 Å². The molecule has 0 unspecified atom stereocenters. The second-order valence-electron chi connectivity index (χ2n) is 8.81. The van der Waals surface area contributed by atoms with E-state index < -0.39 is 0 Å². The van der Waals surface area contributed by atoms with E-state index in [-0.39, 0.29) is 18.5 Å². The van der Waals surface area contributed by atoms with Crippen LogP contribution in [-0.2, 0) is 17.6 Å². The van der Waals surface area contributed by atoms with Crippen molar-refractivity contribution in [1.29, 1.82) is 0 Å². The molecule has 4 aromatic rings. The summed E-state index contributed by atoms with van der Waals surface area (Å²) in [6.07, 6.45) is 2.75. The lowest BCUT2D eigenvalue weighted by Gasteiger charge is -2.18. The molecule has 1 aliphatic carbocycles. The number of rotatable bonds is 5. The molecule has 1 atom stereocenters. The SMILES string of the molecule is CCOC(=O)c1c(NC(=O)c2cc(-c3cccc(Br)c3)nc3ccccc23)sc2c1CC[C@H](C)C2. The molecule has 5 nitrogen and oxygen atoms in total. The van der Waals surface area contributed by atoms with E-state index in [0.29, 0.717) is 27.7 Å². The first kappa shape index (κ1) is 23.7. The molecule has 1 amide bonds. The van der Waals surface area contributed by atoms with E-state index in [4.69, 9.17) is 9.72 Å². The molecule has 5 rings (SSSR count). The first-order valence-corrected chi connectivity index (χ1v) is 13.3. The Labute approximate surface area is 216 Å². The molecule has 0 bridgehead atoms. The van der Waals surface area contributed by atoms with E-state index in [1.54, 1.807) is 6.92 Å². The molecule has 0 fully saturated rings. The standard InChI is InChI=1S/C28H25BrN2O3S/c1-3-34-28(33)25-20-12-11-16(2)13-24(20)35-27(25)31-26(32)21-15-23(17-7-6-8-18(29)14-17)30-22-10-5-4-9-19(21)22/h4-10,14-16H,3,11-13H2,1-2H3,(H,31,32)/t16-/m0/s1. The number of benzene rings is 2. The summed E-state index contributed by atoms with van der Waals surface area (Å²) in [5.41, 5.74) is 4.40. The van der Waals surface area contributed by atoms with Crippen molar-refractivity contribution in [2.75, 3.05) is 11.9 Å². The number of halogens is 1. The zero-order valence-electron chi connectivity index (χ0n) is 19.6. The molecule has 35 heavy (non-hydrogen) atoms. The van der Waals surface area contributed by atoms with E-state index in [1.165, 1.54) is 11.3 Å². The van der Waals surface area contributed by atoms with Gasteiger partial charge in [0.25, 0.3) is 5.91 Å². The van der Waals surface area contributed by atoms with Gasteiger partial charge in [0.05, 0.1) is 28.9 Å². The van der Waals surface area contributed by atoms with Crippen molar-refractivity contribution >= 4 is 55.0 Å². The van der Waals surface area contributed by atoms with Crippen molar-refractivity contribution in [3.05, 3.63) is 80.6 Å². The molecule has 2 aromatic heterocycles. The topological polar surface area (TPSA) is 68.3 Å². The van der Waals surface area contributed by atoms with Gasteiger partial charge in [0.15, 0.2) is 0 Å². The number of nitrogens with zero attached hydrogens (tertiary/aromatic N) is 1. The van der Waals surface area contributed by atoms with E-state index in [2.05, 4.69) is 28.2 Å². The first-order chi connectivity index (χ1) is 16.9. The molecule has 0 saturated heterocycles. The fraction of sp³-hybridized carbons (Fsp3) is 0.250. The largest absolute Gasteiger partial charge is 0.462 e. The molecule has 178 valence electrons. The normalized spacial score (nSPS) is 15.0. The van der Waals surface area contributed by atoms with Crippen LogP contribution in [0.3, 0.4) is 0 Å². The Bertz CT molecular complexity index is 1450. The van der Waals surface area contributed by atoms with Gasteiger partial charge in [-0.1, -0.05) is 53.2 Å². The summed E-state index contributed by atoms with van der Waals surface area (Å²) in [6.45, 7) is 4.30.